The maximum atomic E-state index is 6.20. The normalized spacial score (nSPS) is 19.0. The van der Waals surface area contributed by atoms with E-state index < -0.39 is 8.32 Å². The van der Waals surface area contributed by atoms with Gasteiger partial charge in [-0.2, -0.15) is 0 Å². The Morgan fingerprint density at radius 2 is 2.00 bits per heavy atom. The topological polar surface area (TPSA) is 27.7 Å². The minimum atomic E-state index is -1.74. The van der Waals surface area contributed by atoms with Gasteiger partial charge in [-0.1, -0.05) is 36.7 Å². The number of benzene rings is 1. The first-order valence-corrected chi connectivity index (χ1v) is 10.6. The quantitative estimate of drug-likeness (QED) is 0.738. The van der Waals surface area contributed by atoms with Gasteiger partial charge in [0.05, 0.1) is 6.61 Å². The summed E-state index contributed by atoms with van der Waals surface area (Å²) in [7, 11) is -1.74. The molecule has 0 saturated heterocycles. The minimum absolute atomic E-state index is 0.0362. The van der Waals surface area contributed by atoms with Crippen molar-refractivity contribution in [1.82, 2.24) is 0 Å². The Morgan fingerprint density at radius 3 is 2.65 bits per heavy atom. The maximum absolute atomic E-state index is 6.20. The Kier molecular flexibility index (Phi) is 4.52. The number of fused-ring (bicyclic) bond motifs is 1. The Hall–Kier alpha value is -0.523. The fourth-order valence-electron chi connectivity index (χ4n) is 1.69. The first-order chi connectivity index (χ1) is 9.19. The maximum Gasteiger partial charge on any atom is 0.192 e. The van der Waals surface area contributed by atoms with E-state index in [0.717, 1.165) is 16.0 Å². The van der Waals surface area contributed by atoms with E-state index in [1.54, 1.807) is 0 Å². The lowest BCUT2D eigenvalue weighted by Crippen LogP contribution is -2.45. The molecule has 0 fully saturated rings. The molecule has 0 aromatic heterocycles. The zero-order valence-corrected chi connectivity index (χ0v) is 15.4. The number of ether oxygens (including phenoxy) is 2. The van der Waals surface area contributed by atoms with Gasteiger partial charge in [0.25, 0.3) is 0 Å². The van der Waals surface area contributed by atoms with Crippen LogP contribution in [0.3, 0.4) is 0 Å². The van der Waals surface area contributed by atoms with Crippen molar-refractivity contribution in [3.05, 3.63) is 22.7 Å². The summed E-state index contributed by atoms with van der Waals surface area (Å²) < 4.78 is 18.9. The number of halogens is 1. The van der Waals surface area contributed by atoms with Crippen LogP contribution < -0.4 is 9.47 Å². The van der Waals surface area contributed by atoms with Gasteiger partial charge < -0.3 is 13.9 Å². The number of hydrogen-bond acceptors (Lipinski definition) is 3. The first kappa shape index (κ1) is 15.9. The Bertz CT molecular complexity index is 482. The summed E-state index contributed by atoms with van der Waals surface area (Å²) in [5, 5.41) is 0.212. The molecule has 0 radical (unpaired) electrons. The molecule has 0 aliphatic carbocycles. The lowest BCUT2D eigenvalue weighted by atomic mass is 10.2. The molecule has 1 aromatic carbocycles. The standard InChI is InChI=1S/C15H23BrO3Si/c1-15(2,3)20(4,5)18-10-12-9-17-13-7-6-11(16)8-14(13)19-12/h6-8,12H,9-10H2,1-5H3/t12-/m1/s1. The molecule has 1 atom stereocenters. The van der Waals surface area contributed by atoms with Crippen LogP contribution in [0.5, 0.6) is 11.5 Å². The Balaban J connectivity index is 1.97. The van der Waals surface area contributed by atoms with Crippen molar-refractivity contribution in [2.45, 2.75) is 45.0 Å². The van der Waals surface area contributed by atoms with Crippen molar-refractivity contribution >= 4 is 24.2 Å². The highest BCUT2D eigenvalue weighted by Gasteiger charge is 2.38. The third kappa shape index (κ3) is 3.57. The van der Waals surface area contributed by atoms with Gasteiger partial charge in [-0.15, -0.1) is 0 Å². The van der Waals surface area contributed by atoms with Gasteiger partial charge in [0.15, 0.2) is 25.9 Å². The van der Waals surface area contributed by atoms with Crippen LogP contribution in [0.2, 0.25) is 18.1 Å². The highest BCUT2D eigenvalue weighted by Crippen LogP contribution is 2.38. The molecule has 112 valence electrons. The summed E-state index contributed by atoms with van der Waals surface area (Å²) in [6.45, 7) is 12.4. The summed E-state index contributed by atoms with van der Waals surface area (Å²) in [6.07, 6.45) is -0.0362. The lowest BCUT2D eigenvalue weighted by Gasteiger charge is -2.37. The van der Waals surface area contributed by atoms with Crippen molar-refractivity contribution in [1.29, 1.82) is 0 Å². The minimum Gasteiger partial charge on any atom is -0.486 e. The average molecular weight is 359 g/mol. The van der Waals surface area contributed by atoms with E-state index in [1.807, 2.05) is 18.2 Å². The monoisotopic (exact) mass is 358 g/mol. The lowest BCUT2D eigenvalue weighted by molar-refractivity contribution is 0.0491. The van der Waals surface area contributed by atoms with Crippen LogP contribution in [0.4, 0.5) is 0 Å². The third-order valence-corrected chi connectivity index (χ3v) is 9.05. The molecule has 0 bridgehead atoms. The molecular formula is C15H23BrO3Si. The molecule has 2 rings (SSSR count). The van der Waals surface area contributed by atoms with E-state index in [0.29, 0.717) is 13.2 Å². The van der Waals surface area contributed by atoms with E-state index in [1.165, 1.54) is 0 Å². The van der Waals surface area contributed by atoms with E-state index in [4.69, 9.17) is 13.9 Å². The highest BCUT2D eigenvalue weighted by molar-refractivity contribution is 9.10. The first-order valence-electron chi connectivity index (χ1n) is 6.92. The molecule has 0 spiro atoms. The number of rotatable bonds is 3. The third-order valence-electron chi connectivity index (χ3n) is 4.06. The fraction of sp³-hybridized carbons (Fsp3) is 0.600. The van der Waals surface area contributed by atoms with E-state index in [2.05, 4.69) is 49.8 Å². The smallest absolute Gasteiger partial charge is 0.192 e. The molecule has 1 aliphatic rings. The molecule has 0 saturated carbocycles. The molecule has 0 N–H and O–H groups in total. The van der Waals surface area contributed by atoms with Crippen LogP contribution in [-0.2, 0) is 4.43 Å². The summed E-state index contributed by atoms with van der Waals surface area (Å²) in [5.74, 6) is 1.59. The zero-order valence-electron chi connectivity index (χ0n) is 12.8. The molecule has 1 aliphatic heterocycles. The van der Waals surface area contributed by atoms with Crippen molar-refractivity contribution in [3.8, 4) is 11.5 Å². The van der Waals surface area contributed by atoms with Crippen LogP contribution in [0, 0.1) is 0 Å². The van der Waals surface area contributed by atoms with Crippen LogP contribution in [0.15, 0.2) is 22.7 Å². The summed E-state index contributed by atoms with van der Waals surface area (Å²) in [6, 6.07) is 5.81. The number of hydrogen-bond donors (Lipinski definition) is 0. The van der Waals surface area contributed by atoms with Crippen LogP contribution in [0.25, 0.3) is 0 Å². The van der Waals surface area contributed by atoms with Gasteiger partial charge in [0.2, 0.25) is 0 Å². The predicted molar refractivity (Wildman–Crippen MR) is 87.2 cm³/mol. The Labute approximate surface area is 130 Å². The van der Waals surface area contributed by atoms with Crippen LogP contribution >= 0.6 is 15.9 Å². The van der Waals surface area contributed by atoms with Gasteiger partial charge in [-0.05, 0) is 36.3 Å². The van der Waals surface area contributed by atoms with Gasteiger partial charge in [-0.3, -0.25) is 0 Å². The fourth-order valence-corrected chi connectivity index (χ4v) is 3.07. The summed E-state index contributed by atoms with van der Waals surface area (Å²) in [4.78, 5) is 0. The highest BCUT2D eigenvalue weighted by atomic mass is 79.9. The molecule has 0 unspecified atom stereocenters. The van der Waals surface area contributed by atoms with Crippen LogP contribution in [0.1, 0.15) is 20.8 Å². The summed E-state index contributed by atoms with van der Waals surface area (Å²) in [5.41, 5.74) is 0. The van der Waals surface area contributed by atoms with Crippen molar-refractivity contribution in [3.63, 3.8) is 0 Å². The second-order valence-electron chi connectivity index (χ2n) is 6.71. The molecule has 5 heteroatoms. The van der Waals surface area contributed by atoms with E-state index in [9.17, 15) is 0 Å². The van der Waals surface area contributed by atoms with Crippen molar-refractivity contribution in [2.24, 2.45) is 0 Å². The molecule has 20 heavy (non-hydrogen) atoms. The predicted octanol–water partition coefficient (Wildman–Crippen LogP) is 4.61. The van der Waals surface area contributed by atoms with Gasteiger partial charge in [-0.25, -0.2) is 0 Å². The van der Waals surface area contributed by atoms with Gasteiger partial charge in [0.1, 0.15) is 6.61 Å². The van der Waals surface area contributed by atoms with Gasteiger partial charge >= 0.3 is 0 Å². The molecule has 0 amide bonds. The average Bonchev–Trinajstić information content (AvgIpc) is 2.34. The molecule has 1 aromatic rings. The van der Waals surface area contributed by atoms with E-state index in [-0.39, 0.29) is 11.1 Å². The molecular weight excluding hydrogens is 336 g/mol. The van der Waals surface area contributed by atoms with Crippen molar-refractivity contribution < 1.29 is 13.9 Å². The zero-order chi connectivity index (χ0) is 15.0. The van der Waals surface area contributed by atoms with Crippen molar-refractivity contribution in [2.75, 3.05) is 13.2 Å². The van der Waals surface area contributed by atoms with Crippen LogP contribution in [-0.4, -0.2) is 27.6 Å². The SMILES string of the molecule is CC(C)(C)[Si](C)(C)OC[C@H]1COc2ccc(Br)cc2O1. The molecule has 1 heterocycles. The Morgan fingerprint density at radius 1 is 1.30 bits per heavy atom. The second kappa shape index (κ2) is 5.70. The molecule has 3 nitrogen and oxygen atoms in total. The largest absolute Gasteiger partial charge is 0.486 e. The second-order valence-corrected chi connectivity index (χ2v) is 12.4. The van der Waals surface area contributed by atoms with Gasteiger partial charge in [0, 0.05) is 4.47 Å². The van der Waals surface area contributed by atoms with E-state index >= 15 is 0 Å². The summed E-state index contributed by atoms with van der Waals surface area (Å²) >= 11 is 3.45.